The molecule has 150 valence electrons. The third-order valence-electron chi connectivity index (χ3n) is 3.99. The predicted octanol–water partition coefficient (Wildman–Crippen LogP) is 3.93. The summed E-state index contributed by atoms with van der Waals surface area (Å²) in [5.74, 6) is -1.49. The molecule has 0 saturated carbocycles. The van der Waals surface area contributed by atoms with Crippen molar-refractivity contribution in [1.29, 1.82) is 0 Å². The number of amides is 1. The Morgan fingerprint density at radius 2 is 1.80 bits per heavy atom. The van der Waals surface area contributed by atoms with Crippen LogP contribution in [0.1, 0.15) is 10.6 Å². The van der Waals surface area contributed by atoms with Crippen LogP contribution in [0.25, 0.3) is 16.4 Å². The van der Waals surface area contributed by atoms with E-state index in [1.165, 1.54) is 40.3 Å². The number of hydrogen-bond acceptors (Lipinski definition) is 6. The SMILES string of the molecule is O=C(COC(=O)c1nc(-c2cccs2)n(-c2ccc(F)cc2)n1)Nc1ccccc1. The minimum atomic E-state index is -0.836. The summed E-state index contributed by atoms with van der Waals surface area (Å²) in [6, 6.07) is 18.1. The van der Waals surface area contributed by atoms with E-state index in [0.717, 1.165) is 4.88 Å². The molecule has 0 aliphatic carbocycles. The summed E-state index contributed by atoms with van der Waals surface area (Å²) in [5.41, 5.74) is 1.13. The van der Waals surface area contributed by atoms with Crippen LogP contribution < -0.4 is 5.32 Å². The largest absolute Gasteiger partial charge is 0.450 e. The van der Waals surface area contributed by atoms with Crippen molar-refractivity contribution in [2.75, 3.05) is 11.9 Å². The molecule has 9 heteroatoms. The fourth-order valence-electron chi connectivity index (χ4n) is 2.64. The van der Waals surface area contributed by atoms with E-state index in [-0.39, 0.29) is 11.6 Å². The second-order valence-corrected chi connectivity index (χ2v) is 7.06. The molecule has 2 aromatic heterocycles. The molecule has 1 N–H and O–H groups in total. The average molecular weight is 422 g/mol. The molecule has 7 nitrogen and oxygen atoms in total. The van der Waals surface area contributed by atoms with Crippen LogP contribution in [0, 0.1) is 5.82 Å². The lowest BCUT2D eigenvalue weighted by Crippen LogP contribution is -2.21. The molecule has 0 unspecified atom stereocenters. The first kappa shape index (κ1) is 19.5. The van der Waals surface area contributed by atoms with Crippen molar-refractivity contribution >= 4 is 28.9 Å². The first-order chi connectivity index (χ1) is 14.6. The van der Waals surface area contributed by atoms with Gasteiger partial charge in [-0.05, 0) is 47.8 Å². The summed E-state index contributed by atoms with van der Waals surface area (Å²) < 4.78 is 19.8. The number of nitrogens with zero attached hydrogens (tertiary/aromatic N) is 3. The molecule has 0 saturated heterocycles. The van der Waals surface area contributed by atoms with E-state index in [0.29, 0.717) is 17.2 Å². The number of hydrogen-bond donors (Lipinski definition) is 1. The first-order valence-electron chi connectivity index (χ1n) is 8.89. The van der Waals surface area contributed by atoms with Crippen LogP contribution >= 0.6 is 11.3 Å². The zero-order chi connectivity index (χ0) is 20.9. The van der Waals surface area contributed by atoms with Gasteiger partial charge in [-0.1, -0.05) is 24.3 Å². The molecule has 2 aromatic carbocycles. The monoisotopic (exact) mass is 422 g/mol. The van der Waals surface area contributed by atoms with E-state index in [1.54, 1.807) is 24.3 Å². The summed E-state index contributed by atoms with van der Waals surface area (Å²) in [6.07, 6.45) is 0. The number of aromatic nitrogens is 3. The van der Waals surface area contributed by atoms with Gasteiger partial charge in [-0.3, -0.25) is 4.79 Å². The average Bonchev–Trinajstić information content (AvgIpc) is 3.43. The number of esters is 1. The van der Waals surface area contributed by atoms with Gasteiger partial charge in [0.05, 0.1) is 10.6 Å². The maximum atomic E-state index is 13.3. The molecular weight excluding hydrogens is 407 g/mol. The van der Waals surface area contributed by atoms with Crippen molar-refractivity contribution in [2.24, 2.45) is 0 Å². The Bertz CT molecular complexity index is 1160. The molecule has 4 rings (SSSR count). The second kappa shape index (κ2) is 8.66. The number of nitrogens with one attached hydrogen (secondary N) is 1. The van der Waals surface area contributed by atoms with Gasteiger partial charge in [-0.2, -0.15) is 4.98 Å². The van der Waals surface area contributed by atoms with Crippen LogP contribution in [0.15, 0.2) is 72.1 Å². The summed E-state index contributed by atoms with van der Waals surface area (Å²) in [4.78, 5) is 29.5. The Labute approximate surface area is 174 Å². The van der Waals surface area contributed by atoms with Gasteiger partial charge in [0.15, 0.2) is 12.4 Å². The zero-order valence-corrected chi connectivity index (χ0v) is 16.3. The molecule has 4 aromatic rings. The van der Waals surface area contributed by atoms with Crippen molar-refractivity contribution in [1.82, 2.24) is 14.8 Å². The second-order valence-electron chi connectivity index (χ2n) is 6.11. The van der Waals surface area contributed by atoms with Gasteiger partial charge in [0.25, 0.3) is 11.7 Å². The van der Waals surface area contributed by atoms with Crippen LogP contribution in [0.2, 0.25) is 0 Å². The van der Waals surface area contributed by atoms with E-state index >= 15 is 0 Å². The third-order valence-corrected chi connectivity index (χ3v) is 4.86. The standard InChI is InChI=1S/C21H15FN4O3S/c22-14-8-10-16(11-9-14)26-20(17-7-4-12-30-17)24-19(25-26)21(28)29-13-18(27)23-15-5-2-1-3-6-15/h1-12H,13H2,(H,23,27). The first-order valence-corrected chi connectivity index (χ1v) is 9.77. The number of ether oxygens (including phenoxy) is 1. The lowest BCUT2D eigenvalue weighted by atomic mass is 10.3. The highest BCUT2D eigenvalue weighted by atomic mass is 32.1. The molecule has 0 aliphatic heterocycles. The zero-order valence-electron chi connectivity index (χ0n) is 15.5. The van der Waals surface area contributed by atoms with Crippen LogP contribution in [0.4, 0.5) is 10.1 Å². The number of para-hydroxylation sites is 1. The molecule has 0 radical (unpaired) electrons. The van der Waals surface area contributed by atoms with Crippen molar-refractivity contribution in [3.05, 3.63) is 83.8 Å². The highest BCUT2D eigenvalue weighted by molar-refractivity contribution is 7.13. The number of benzene rings is 2. The molecule has 2 heterocycles. The summed E-state index contributed by atoms with van der Waals surface area (Å²) >= 11 is 1.42. The Morgan fingerprint density at radius 1 is 1.03 bits per heavy atom. The smallest absolute Gasteiger partial charge is 0.378 e. The summed E-state index contributed by atoms with van der Waals surface area (Å²) in [6.45, 7) is -0.479. The van der Waals surface area contributed by atoms with Crippen LogP contribution in [0.5, 0.6) is 0 Å². The topological polar surface area (TPSA) is 86.1 Å². The fraction of sp³-hybridized carbons (Fsp3) is 0.0476. The number of thiophene rings is 1. The van der Waals surface area contributed by atoms with E-state index in [1.807, 2.05) is 23.6 Å². The quantitative estimate of drug-likeness (QED) is 0.476. The van der Waals surface area contributed by atoms with E-state index in [2.05, 4.69) is 15.4 Å². The highest BCUT2D eigenvalue weighted by Gasteiger charge is 2.21. The molecule has 0 atom stereocenters. The molecular formula is C21H15FN4O3S. The van der Waals surface area contributed by atoms with Crippen LogP contribution in [0.3, 0.4) is 0 Å². The normalized spacial score (nSPS) is 10.6. The number of carbonyl (C=O) groups excluding carboxylic acids is 2. The fourth-order valence-corrected chi connectivity index (χ4v) is 3.34. The number of rotatable bonds is 6. The molecule has 0 fully saturated rings. The van der Waals surface area contributed by atoms with Crippen molar-refractivity contribution in [3.8, 4) is 16.4 Å². The van der Waals surface area contributed by atoms with Gasteiger partial charge in [-0.15, -0.1) is 16.4 Å². The minimum absolute atomic E-state index is 0.199. The Balaban J connectivity index is 1.52. The Hall–Kier alpha value is -3.85. The highest BCUT2D eigenvalue weighted by Crippen LogP contribution is 2.25. The van der Waals surface area contributed by atoms with Crippen molar-refractivity contribution in [2.45, 2.75) is 0 Å². The van der Waals surface area contributed by atoms with Crippen molar-refractivity contribution in [3.63, 3.8) is 0 Å². The number of halogens is 1. The maximum absolute atomic E-state index is 13.3. The van der Waals surface area contributed by atoms with Gasteiger partial charge >= 0.3 is 5.97 Å². The van der Waals surface area contributed by atoms with Gasteiger partial charge in [-0.25, -0.2) is 13.9 Å². The minimum Gasteiger partial charge on any atom is -0.450 e. The predicted molar refractivity (Wildman–Crippen MR) is 110 cm³/mol. The van der Waals surface area contributed by atoms with Gasteiger partial charge < -0.3 is 10.1 Å². The number of carbonyl (C=O) groups is 2. The van der Waals surface area contributed by atoms with Gasteiger partial charge in [0, 0.05) is 5.69 Å². The third kappa shape index (κ3) is 4.41. The molecule has 1 amide bonds. The molecule has 0 aliphatic rings. The summed E-state index contributed by atoms with van der Waals surface area (Å²) in [7, 11) is 0. The summed E-state index contributed by atoms with van der Waals surface area (Å²) in [5, 5.41) is 8.70. The maximum Gasteiger partial charge on any atom is 0.378 e. The van der Waals surface area contributed by atoms with Crippen LogP contribution in [-0.2, 0) is 9.53 Å². The Morgan fingerprint density at radius 3 is 2.50 bits per heavy atom. The lowest BCUT2D eigenvalue weighted by Gasteiger charge is -2.05. The Kier molecular flexibility index (Phi) is 5.62. The lowest BCUT2D eigenvalue weighted by molar-refractivity contribution is -0.119. The van der Waals surface area contributed by atoms with E-state index in [4.69, 9.17) is 4.74 Å². The van der Waals surface area contributed by atoms with Gasteiger partial charge in [0.2, 0.25) is 0 Å². The molecule has 0 spiro atoms. The van der Waals surface area contributed by atoms with Gasteiger partial charge in [0.1, 0.15) is 5.82 Å². The van der Waals surface area contributed by atoms with Crippen molar-refractivity contribution < 1.29 is 18.7 Å². The molecule has 0 bridgehead atoms. The molecule has 30 heavy (non-hydrogen) atoms. The number of anilines is 1. The van der Waals surface area contributed by atoms with E-state index < -0.39 is 18.5 Å². The van der Waals surface area contributed by atoms with E-state index in [9.17, 15) is 14.0 Å². The van der Waals surface area contributed by atoms with Crippen LogP contribution in [-0.4, -0.2) is 33.2 Å².